The molecule has 1 fully saturated rings. The Balaban J connectivity index is 1.16. The number of fused-ring (bicyclic) bond motifs is 4. The van der Waals surface area contributed by atoms with Crippen molar-refractivity contribution >= 4 is 11.3 Å². The van der Waals surface area contributed by atoms with Crippen LogP contribution in [0.3, 0.4) is 0 Å². The van der Waals surface area contributed by atoms with Gasteiger partial charge in [0.2, 0.25) is 0 Å². The minimum Gasteiger partial charge on any atom is -0.399 e. The van der Waals surface area contributed by atoms with Crippen molar-refractivity contribution in [3.8, 4) is 56.2 Å². The summed E-state index contributed by atoms with van der Waals surface area (Å²) in [5.41, 5.74) is 24.5. The van der Waals surface area contributed by atoms with Crippen LogP contribution in [0.25, 0.3) is 61.7 Å². The lowest BCUT2D eigenvalue weighted by atomic mass is 9.85. The highest BCUT2D eigenvalue weighted by molar-refractivity contribution is 5.85. The topological polar surface area (TPSA) is 51.8 Å². The molecule has 1 atom stereocenters. The summed E-state index contributed by atoms with van der Waals surface area (Å²) in [4.78, 5) is 10.4. The smallest absolute Gasteiger partial charge is 0.160 e. The van der Waals surface area contributed by atoms with E-state index < -0.39 is 0 Å². The second kappa shape index (κ2) is 12.3. The Morgan fingerprint density at radius 3 is 1.85 bits per heavy atom. The number of nitrogen functional groups attached to an aromatic ring is 1. The lowest BCUT2D eigenvalue weighted by Crippen LogP contribution is -2.02. The lowest BCUT2D eigenvalue weighted by molar-refractivity contribution is 1.01. The number of benzene rings is 6. The Kier molecular flexibility index (Phi) is 7.17. The number of hydrogen-bond acceptors (Lipinski definition) is 3. The van der Waals surface area contributed by atoms with Crippen LogP contribution in [0.2, 0.25) is 0 Å². The Morgan fingerprint density at radius 2 is 1.12 bits per heavy atom. The molecule has 0 spiro atoms. The van der Waals surface area contributed by atoms with Crippen LogP contribution in [0, 0.1) is 5.92 Å². The van der Waals surface area contributed by atoms with Gasteiger partial charge in [-0.05, 0) is 99.0 Å². The molecule has 2 N–H and O–H groups in total. The maximum atomic E-state index is 6.11. The highest BCUT2D eigenvalue weighted by Crippen LogP contribution is 2.49. The number of nitrogens with zero attached hydrogens (tertiary/aromatic N) is 2. The molecule has 3 nitrogen and oxygen atoms in total. The van der Waals surface area contributed by atoms with E-state index in [-0.39, 0.29) is 5.92 Å². The number of nitrogens with two attached hydrogens (primary N) is 1. The third-order valence-corrected chi connectivity index (χ3v) is 10.7. The zero-order valence-corrected chi connectivity index (χ0v) is 28.6. The third-order valence-electron chi connectivity index (χ3n) is 10.7. The molecule has 7 aromatic rings. The quantitative estimate of drug-likeness (QED) is 0.180. The lowest BCUT2D eigenvalue weighted by Gasteiger charge is -2.19. The van der Waals surface area contributed by atoms with Gasteiger partial charge in [-0.3, -0.25) is 0 Å². The average Bonchev–Trinajstić information content (AvgIpc) is 3.90. The molecule has 0 bridgehead atoms. The Bertz CT molecular complexity index is 2550. The minimum absolute atomic E-state index is 0.111. The fourth-order valence-corrected chi connectivity index (χ4v) is 7.91. The van der Waals surface area contributed by atoms with Crippen LogP contribution in [0.15, 0.2) is 182 Å². The summed E-state index contributed by atoms with van der Waals surface area (Å²) in [5, 5.41) is 0. The molecular weight excluding hydrogens is 631 g/mol. The van der Waals surface area contributed by atoms with E-state index in [9.17, 15) is 0 Å². The summed E-state index contributed by atoms with van der Waals surface area (Å²) in [6.07, 6.45) is 10.3. The van der Waals surface area contributed by atoms with Gasteiger partial charge in [0.05, 0.1) is 11.4 Å². The molecular formula is C49H35N3. The van der Waals surface area contributed by atoms with E-state index >= 15 is 0 Å². The largest absolute Gasteiger partial charge is 0.399 e. The first-order chi connectivity index (χ1) is 25.6. The van der Waals surface area contributed by atoms with E-state index in [2.05, 4.69) is 146 Å². The van der Waals surface area contributed by atoms with Crippen LogP contribution in [0.4, 0.5) is 5.69 Å². The first kappa shape index (κ1) is 30.3. The van der Waals surface area contributed by atoms with E-state index in [0.29, 0.717) is 17.4 Å². The molecule has 0 radical (unpaired) electrons. The summed E-state index contributed by atoms with van der Waals surface area (Å²) in [5.74, 6) is 1.30. The Morgan fingerprint density at radius 1 is 0.519 bits per heavy atom. The molecule has 0 amide bonds. The van der Waals surface area contributed by atoms with Gasteiger partial charge in [0.25, 0.3) is 0 Å². The summed E-state index contributed by atoms with van der Waals surface area (Å²) in [6.45, 7) is 0. The molecule has 0 aliphatic heterocycles. The molecule has 1 unspecified atom stereocenters. The zero-order chi connectivity index (χ0) is 34.6. The van der Waals surface area contributed by atoms with Gasteiger partial charge >= 0.3 is 0 Å². The number of hydrogen-bond donors (Lipinski definition) is 1. The van der Waals surface area contributed by atoms with E-state index in [1.165, 1.54) is 55.7 Å². The van der Waals surface area contributed by atoms with Crippen molar-refractivity contribution in [1.29, 1.82) is 0 Å². The number of rotatable bonds is 6. The minimum atomic E-state index is 0.111. The maximum absolute atomic E-state index is 6.11. The van der Waals surface area contributed by atoms with E-state index in [4.69, 9.17) is 15.7 Å². The van der Waals surface area contributed by atoms with Crippen molar-refractivity contribution in [1.82, 2.24) is 9.97 Å². The summed E-state index contributed by atoms with van der Waals surface area (Å²) in [6, 6.07) is 53.9. The van der Waals surface area contributed by atoms with Gasteiger partial charge in [-0.2, -0.15) is 0 Å². The van der Waals surface area contributed by atoms with Crippen LogP contribution in [-0.4, -0.2) is 9.97 Å². The SMILES string of the molecule is Nc1ccc(-c2nc(-c3ccc(-c4ccccc4)cc3)cc(-c3cc(C4=CC5CC5=CC=C4)cc(C4c5ccccc5-c5ccccc54)c3)n2)cc1. The first-order valence-corrected chi connectivity index (χ1v) is 18.0. The molecule has 0 saturated heterocycles. The standard InChI is InChI=1S/C49H35N3/c50-41-23-21-34(22-24-41)49-51-46(33-19-17-32(18-20-33)31-9-2-1-3-10-31)30-47(52-49)39-27-38(36-12-8-11-35-25-37(35)26-36)28-40(29-39)48-44-15-6-4-13-42(44)43-14-5-7-16-45(43)48/h1-24,26-30,37,48H,25,50H2. The van der Waals surface area contributed by atoms with Gasteiger partial charge in [-0.1, -0.05) is 139 Å². The Labute approximate surface area is 304 Å². The predicted octanol–water partition coefficient (Wildman–Crippen LogP) is 11.8. The van der Waals surface area contributed by atoms with Crippen LogP contribution in [0.1, 0.15) is 34.6 Å². The number of aromatic nitrogens is 2. The Hall–Kier alpha value is -6.58. The van der Waals surface area contributed by atoms with Crippen LogP contribution in [-0.2, 0) is 0 Å². The summed E-state index contributed by atoms with van der Waals surface area (Å²) >= 11 is 0. The monoisotopic (exact) mass is 665 g/mol. The molecule has 6 aromatic carbocycles. The van der Waals surface area contributed by atoms with Crippen LogP contribution >= 0.6 is 0 Å². The van der Waals surface area contributed by atoms with E-state index in [1.807, 2.05) is 30.3 Å². The van der Waals surface area contributed by atoms with Crippen molar-refractivity contribution in [2.75, 3.05) is 5.73 Å². The molecule has 246 valence electrons. The summed E-state index contributed by atoms with van der Waals surface area (Å²) < 4.78 is 0. The molecule has 52 heavy (non-hydrogen) atoms. The fraction of sp³-hybridized carbons (Fsp3) is 0.0612. The maximum Gasteiger partial charge on any atom is 0.160 e. The third kappa shape index (κ3) is 5.48. The molecule has 10 rings (SSSR count). The molecule has 3 heteroatoms. The number of anilines is 1. The second-order valence-corrected chi connectivity index (χ2v) is 14.0. The van der Waals surface area contributed by atoms with E-state index in [0.717, 1.165) is 34.5 Å². The van der Waals surface area contributed by atoms with Gasteiger partial charge < -0.3 is 5.73 Å². The highest BCUT2D eigenvalue weighted by atomic mass is 14.9. The van der Waals surface area contributed by atoms with Crippen molar-refractivity contribution in [3.05, 3.63) is 204 Å². The average molecular weight is 666 g/mol. The highest BCUT2D eigenvalue weighted by Gasteiger charge is 2.31. The van der Waals surface area contributed by atoms with Crippen molar-refractivity contribution in [3.63, 3.8) is 0 Å². The first-order valence-electron chi connectivity index (χ1n) is 18.0. The zero-order valence-electron chi connectivity index (χ0n) is 28.6. The van der Waals surface area contributed by atoms with Gasteiger partial charge in [0.15, 0.2) is 5.82 Å². The molecule has 3 aliphatic carbocycles. The summed E-state index contributed by atoms with van der Waals surface area (Å²) in [7, 11) is 0. The number of allylic oxidation sites excluding steroid dienone is 6. The van der Waals surface area contributed by atoms with Crippen LogP contribution < -0.4 is 5.73 Å². The van der Waals surface area contributed by atoms with Gasteiger partial charge in [-0.25, -0.2) is 9.97 Å². The van der Waals surface area contributed by atoms with Crippen molar-refractivity contribution < 1.29 is 0 Å². The molecule has 1 heterocycles. The molecule has 1 aromatic heterocycles. The predicted molar refractivity (Wildman–Crippen MR) is 214 cm³/mol. The van der Waals surface area contributed by atoms with Crippen LogP contribution in [0.5, 0.6) is 0 Å². The normalized spacial score (nSPS) is 15.6. The fourth-order valence-electron chi connectivity index (χ4n) is 7.91. The van der Waals surface area contributed by atoms with Gasteiger partial charge in [-0.15, -0.1) is 0 Å². The second-order valence-electron chi connectivity index (χ2n) is 14.0. The van der Waals surface area contributed by atoms with E-state index in [1.54, 1.807) is 0 Å². The molecule has 3 aliphatic rings. The van der Waals surface area contributed by atoms with Crippen molar-refractivity contribution in [2.24, 2.45) is 5.92 Å². The van der Waals surface area contributed by atoms with Crippen molar-refractivity contribution in [2.45, 2.75) is 12.3 Å². The molecule has 1 saturated carbocycles. The van der Waals surface area contributed by atoms with Gasteiger partial charge in [0.1, 0.15) is 0 Å². The van der Waals surface area contributed by atoms with Gasteiger partial charge in [0, 0.05) is 34.2 Å².